The van der Waals surface area contributed by atoms with E-state index in [1.54, 1.807) is 7.11 Å². The summed E-state index contributed by atoms with van der Waals surface area (Å²) in [5.41, 5.74) is 1.81. The van der Waals surface area contributed by atoms with E-state index in [2.05, 4.69) is 11.4 Å². The quantitative estimate of drug-likeness (QED) is 0.437. The van der Waals surface area contributed by atoms with Gasteiger partial charge in [0.1, 0.15) is 11.5 Å². The number of carbonyl (C=O) groups is 2. The summed E-state index contributed by atoms with van der Waals surface area (Å²) in [4.78, 5) is 23.9. The molecule has 3 aromatic rings. The molecule has 6 nitrogen and oxygen atoms in total. The minimum atomic E-state index is -0.864. The van der Waals surface area contributed by atoms with Crippen LogP contribution in [0.5, 0.6) is 11.5 Å². The fourth-order valence-corrected chi connectivity index (χ4v) is 4.32. The van der Waals surface area contributed by atoms with Gasteiger partial charge in [0.15, 0.2) is 6.61 Å². The van der Waals surface area contributed by atoms with E-state index in [-0.39, 0.29) is 30.9 Å². The van der Waals surface area contributed by atoms with Crippen LogP contribution in [0.3, 0.4) is 0 Å². The van der Waals surface area contributed by atoms with E-state index in [0.29, 0.717) is 5.75 Å². The van der Waals surface area contributed by atoms with Gasteiger partial charge >= 0.3 is 5.97 Å². The topological polar surface area (TPSA) is 84.9 Å². The lowest BCUT2D eigenvalue weighted by molar-refractivity contribution is -0.137. The molecular weight excluding hydrogens is 430 g/mol. The Hall–Kier alpha value is -3.80. The third-order valence-electron chi connectivity index (χ3n) is 6.11. The Morgan fingerprint density at radius 2 is 1.74 bits per heavy atom. The van der Waals surface area contributed by atoms with Crippen LogP contribution in [0.4, 0.5) is 0 Å². The predicted octanol–water partition coefficient (Wildman–Crippen LogP) is 5.06. The summed E-state index contributed by atoms with van der Waals surface area (Å²) in [6.45, 7) is -0.0526. The Morgan fingerprint density at radius 3 is 2.44 bits per heavy atom. The number of carboxylic acid groups (broad SMARTS) is 1. The number of hydrogen-bond donors (Lipinski definition) is 2. The van der Waals surface area contributed by atoms with Crippen molar-refractivity contribution in [1.82, 2.24) is 5.32 Å². The fourth-order valence-electron chi connectivity index (χ4n) is 4.32. The molecule has 4 rings (SSSR count). The normalized spacial score (nSPS) is 16.1. The minimum absolute atomic E-state index is 0.0240. The van der Waals surface area contributed by atoms with Crippen molar-refractivity contribution in [3.8, 4) is 11.5 Å². The van der Waals surface area contributed by atoms with Crippen LogP contribution in [-0.2, 0) is 9.59 Å². The van der Waals surface area contributed by atoms with Crippen molar-refractivity contribution in [2.75, 3.05) is 13.7 Å². The van der Waals surface area contributed by atoms with E-state index >= 15 is 0 Å². The average molecular weight is 460 g/mol. The highest BCUT2D eigenvalue weighted by Crippen LogP contribution is 2.32. The molecule has 34 heavy (non-hydrogen) atoms. The van der Waals surface area contributed by atoms with Crippen molar-refractivity contribution in [3.63, 3.8) is 0 Å². The van der Waals surface area contributed by atoms with Gasteiger partial charge in [-0.15, -0.1) is 0 Å². The Bertz CT molecular complexity index is 1190. The van der Waals surface area contributed by atoms with Crippen molar-refractivity contribution < 1.29 is 24.2 Å². The molecule has 0 saturated carbocycles. The summed E-state index contributed by atoms with van der Waals surface area (Å²) in [5, 5.41) is 14.4. The lowest BCUT2D eigenvalue weighted by Gasteiger charge is -2.18. The molecule has 1 aliphatic carbocycles. The molecule has 3 aromatic carbocycles. The average Bonchev–Trinajstić information content (AvgIpc) is 2.86. The van der Waals surface area contributed by atoms with Crippen molar-refractivity contribution >= 4 is 22.6 Å². The van der Waals surface area contributed by atoms with Gasteiger partial charge in [-0.05, 0) is 65.4 Å². The number of carboxylic acids is 1. The second kappa shape index (κ2) is 10.9. The Labute approximate surface area is 199 Å². The standard InChI is InChI=1S/C28H29NO5/c1-33-24-12-10-20(11-13-24)26(17-28(31)32)21-8-7-19-9-14-25(16-22(19)15-21)34-18-27(30)29-23-5-3-2-4-6-23/h3,5,7-16,23,26H,2,4,6,17-18H2,1H3,(H,29,30)(H,31,32). The van der Waals surface area contributed by atoms with Crippen molar-refractivity contribution in [1.29, 1.82) is 0 Å². The number of methoxy groups -OCH3 is 1. The van der Waals surface area contributed by atoms with E-state index in [9.17, 15) is 14.7 Å². The number of fused-ring (bicyclic) bond motifs is 1. The van der Waals surface area contributed by atoms with E-state index in [1.807, 2.05) is 66.7 Å². The first-order chi connectivity index (χ1) is 16.5. The van der Waals surface area contributed by atoms with Gasteiger partial charge in [-0.3, -0.25) is 9.59 Å². The van der Waals surface area contributed by atoms with Gasteiger partial charge in [-0.1, -0.05) is 48.6 Å². The predicted molar refractivity (Wildman–Crippen MR) is 131 cm³/mol. The number of carbonyl (C=O) groups excluding carboxylic acids is 1. The molecule has 0 radical (unpaired) electrons. The molecule has 176 valence electrons. The number of amides is 1. The first-order valence-electron chi connectivity index (χ1n) is 11.5. The van der Waals surface area contributed by atoms with E-state index in [4.69, 9.17) is 9.47 Å². The zero-order chi connectivity index (χ0) is 23.9. The van der Waals surface area contributed by atoms with E-state index < -0.39 is 5.97 Å². The summed E-state index contributed by atoms with van der Waals surface area (Å²) in [5.74, 6) is 0.00912. The molecule has 0 aliphatic heterocycles. The highest BCUT2D eigenvalue weighted by Gasteiger charge is 2.19. The summed E-state index contributed by atoms with van der Waals surface area (Å²) in [6, 6.07) is 19.2. The van der Waals surface area contributed by atoms with Crippen molar-refractivity contribution in [2.24, 2.45) is 0 Å². The Morgan fingerprint density at radius 1 is 1.00 bits per heavy atom. The number of allylic oxidation sites excluding steroid dienone is 1. The third kappa shape index (κ3) is 5.95. The molecule has 0 aromatic heterocycles. The molecule has 1 aliphatic rings. The van der Waals surface area contributed by atoms with Crippen LogP contribution < -0.4 is 14.8 Å². The fraction of sp³-hybridized carbons (Fsp3) is 0.286. The Balaban J connectivity index is 1.51. The number of aliphatic carboxylic acids is 1. The number of hydrogen-bond acceptors (Lipinski definition) is 4. The van der Waals surface area contributed by atoms with Gasteiger partial charge in [0.2, 0.25) is 0 Å². The number of nitrogens with one attached hydrogen (secondary N) is 1. The van der Waals surface area contributed by atoms with E-state index in [0.717, 1.165) is 46.9 Å². The second-order valence-corrected chi connectivity index (χ2v) is 8.51. The molecule has 0 spiro atoms. The summed E-state index contributed by atoms with van der Waals surface area (Å²) in [6.07, 6.45) is 7.20. The molecule has 2 N–H and O–H groups in total. The third-order valence-corrected chi connectivity index (χ3v) is 6.11. The molecule has 0 fully saturated rings. The van der Waals surface area contributed by atoms with Crippen LogP contribution in [0.2, 0.25) is 0 Å². The second-order valence-electron chi connectivity index (χ2n) is 8.51. The maximum atomic E-state index is 12.3. The lowest BCUT2D eigenvalue weighted by Crippen LogP contribution is -2.37. The maximum absolute atomic E-state index is 12.3. The minimum Gasteiger partial charge on any atom is -0.497 e. The molecule has 0 bridgehead atoms. The lowest BCUT2D eigenvalue weighted by atomic mass is 9.87. The maximum Gasteiger partial charge on any atom is 0.304 e. The van der Waals surface area contributed by atoms with Crippen molar-refractivity contribution in [2.45, 2.75) is 37.6 Å². The van der Waals surface area contributed by atoms with Crippen LogP contribution in [-0.4, -0.2) is 36.7 Å². The summed E-state index contributed by atoms with van der Waals surface area (Å²) in [7, 11) is 1.60. The van der Waals surface area contributed by atoms with Gasteiger partial charge in [-0.2, -0.15) is 0 Å². The summed E-state index contributed by atoms with van der Waals surface area (Å²) >= 11 is 0. The first kappa shape index (κ1) is 23.4. The van der Waals surface area contributed by atoms with Crippen LogP contribution in [0.25, 0.3) is 10.8 Å². The molecule has 0 heterocycles. The van der Waals surface area contributed by atoms with Gasteiger partial charge in [0.05, 0.1) is 13.5 Å². The van der Waals surface area contributed by atoms with Gasteiger partial charge in [0, 0.05) is 12.0 Å². The van der Waals surface area contributed by atoms with E-state index in [1.165, 1.54) is 0 Å². The van der Waals surface area contributed by atoms with Crippen LogP contribution in [0.1, 0.15) is 42.7 Å². The SMILES string of the molecule is COc1ccc(C(CC(=O)O)c2ccc3ccc(OCC(=O)NC4C=CCCC4)cc3c2)cc1. The molecule has 2 unspecified atom stereocenters. The largest absolute Gasteiger partial charge is 0.497 e. The molecule has 2 atom stereocenters. The molecular formula is C28H29NO5. The molecule has 0 saturated heterocycles. The molecule has 1 amide bonds. The Kier molecular flexibility index (Phi) is 7.48. The highest BCUT2D eigenvalue weighted by molar-refractivity contribution is 5.85. The highest BCUT2D eigenvalue weighted by atomic mass is 16.5. The number of ether oxygens (including phenoxy) is 2. The summed E-state index contributed by atoms with van der Waals surface area (Å²) < 4.78 is 11.0. The zero-order valence-corrected chi connectivity index (χ0v) is 19.2. The van der Waals surface area contributed by atoms with Gasteiger partial charge < -0.3 is 19.9 Å². The first-order valence-corrected chi connectivity index (χ1v) is 11.5. The van der Waals surface area contributed by atoms with Gasteiger partial charge in [-0.25, -0.2) is 0 Å². The smallest absolute Gasteiger partial charge is 0.304 e. The van der Waals surface area contributed by atoms with Crippen molar-refractivity contribution in [3.05, 3.63) is 83.9 Å². The zero-order valence-electron chi connectivity index (χ0n) is 19.2. The number of rotatable bonds is 9. The van der Waals surface area contributed by atoms with Crippen LogP contribution in [0.15, 0.2) is 72.8 Å². The van der Waals surface area contributed by atoms with Crippen LogP contribution >= 0.6 is 0 Å². The monoisotopic (exact) mass is 459 g/mol. The van der Waals surface area contributed by atoms with Crippen LogP contribution in [0, 0.1) is 0 Å². The molecule has 6 heteroatoms. The number of benzene rings is 3. The van der Waals surface area contributed by atoms with Gasteiger partial charge in [0.25, 0.3) is 5.91 Å².